The molecule has 0 saturated carbocycles. The SMILES string of the molecule is C[C@@H](CC#N)N1CCN(C(=O)c2ccc(F)cc2Cl)CC1. The Morgan fingerprint density at radius 1 is 1.43 bits per heavy atom. The Morgan fingerprint density at radius 3 is 2.67 bits per heavy atom. The Kier molecular flexibility index (Phi) is 5.16. The molecule has 2 rings (SSSR count). The molecule has 0 unspecified atom stereocenters. The minimum absolute atomic E-state index is 0.139. The molecule has 1 aromatic carbocycles. The van der Waals surface area contributed by atoms with E-state index in [1.807, 2.05) is 6.92 Å². The Labute approximate surface area is 128 Å². The van der Waals surface area contributed by atoms with E-state index < -0.39 is 5.82 Å². The van der Waals surface area contributed by atoms with E-state index in [1.54, 1.807) is 4.90 Å². The van der Waals surface area contributed by atoms with Gasteiger partial charge in [0.15, 0.2) is 0 Å². The molecule has 0 radical (unpaired) electrons. The van der Waals surface area contributed by atoms with Crippen LogP contribution in [0.1, 0.15) is 23.7 Å². The first-order chi connectivity index (χ1) is 10.0. The zero-order valence-corrected chi connectivity index (χ0v) is 12.6. The van der Waals surface area contributed by atoms with Gasteiger partial charge in [0.1, 0.15) is 5.82 Å². The summed E-state index contributed by atoms with van der Waals surface area (Å²) in [7, 11) is 0. The lowest BCUT2D eigenvalue weighted by molar-refractivity contribution is 0.0586. The topological polar surface area (TPSA) is 47.3 Å². The number of halogens is 2. The molecule has 1 aliphatic heterocycles. The van der Waals surface area contributed by atoms with Gasteiger partial charge in [0.25, 0.3) is 5.91 Å². The molecule has 0 aromatic heterocycles. The molecule has 0 bridgehead atoms. The minimum atomic E-state index is -0.452. The van der Waals surface area contributed by atoms with E-state index in [1.165, 1.54) is 12.1 Å². The quantitative estimate of drug-likeness (QED) is 0.862. The zero-order valence-electron chi connectivity index (χ0n) is 11.9. The van der Waals surface area contributed by atoms with Gasteiger partial charge in [-0.1, -0.05) is 11.6 Å². The van der Waals surface area contributed by atoms with Crippen LogP contribution < -0.4 is 0 Å². The van der Waals surface area contributed by atoms with E-state index in [0.29, 0.717) is 25.1 Å². The van der Waals surface area contributed by atoms with E-state index >= 15 is 0 Å². The van der Waals surface area contributed by atoms with Gasteiger partial charge in [0, 0.05) is 32.2 Å². The fourth-order valence-electron chi connectivity index (χ4n) is 2.46. The number of nitrogens with zero attached hydrogens (tertiary/aromatic N) is 3. The molecule has 1 atom stereocenters. The summed E-state index contributed by atoms with van der Waals surface area (Å²) < 4.78 is 13.0. The second-order valence-electron chi connectivity index (χ2n) is 5.16. The van der Waals surface area contributed by atoms with Crippen molar-refractivity contribution in [2.45, 2.75) is 19.4 Å². The van der Waals surface area contributed by atoms with E-state index in [2.05, 4.69) is 11.0 Å². The Morgan fingerprint density at radius 2 is 2.10 bits per heavy atom. The number of benzene rings is 1. The number of nitriles is 1. The maximum atomic E-state index is 13.0. The predicted molar refractivity (Wildman–Crippen MR) is 78.6 cm³/mol. The highest BCUT2D eigenvalue weighted by Gasteiger charge is 2.25. The molecule has 1 fully saturated rings. The maximum Gasteiger partial charge on any atom is 0.255 e. The first kappa shape index (κ1) is 15.7. The van der Waals surface area contributed by atoms with Gasteiger partial charge in [-0.25, -0.2) is 4.39 Å². The van der Waals surface area contributed by atoms with Crippen molar-refractivity contribution in [3.05, 3.63) is 34.6 Å². The number of rotatable bonds is 3. The van der Waals surface area contributed by atoms with Gasteiger partial charge in [0.2, 0.25) is 0 Å². The molecule has 1 amide bonds. The molecule has 1 aliphatic rings. The summed E-state index contributed by atoms with van der Waals surface area (Å²) in [4.78, 5) is 16.3. The molecule has 0 aliphatic carbocycles. The Bertz CT molecular complexity index is 565. The van der Waals surface area contributed by atoms with Crippen LogP contribution in [0.2, 0.25) is 5.02 Å². The summed E-state index contributed by atoms with van der Waals surface area (Å²) in [6, 6.07) is 6.17. The summed E-state index contributed by atoms with van der Waals surface area (Å²) in [6.07, 6.45) is 0.484. The van der Waals surface area contributed by atoms with Crippen molar-refractivity contribution in [3.8, 4) is 6.07 Å². The fraction of sp³-hybridized carbons (Fsp3) is 0.467. The van der Waals surface area contributed by atoms with E-state index in [9.17, 15) is 9.18 Å². The average molecular weight is 310 g/mol. The van der Waals surface area contributed by atoms with Crippen molar-refractivity contribution in [3.63, 3.8) is 0 Å². The van der Waals surface area contributed by atoms with Crippen molar-refractivity contribution in [2.24, 2.45) is 0 Å². The fourth-order valence-corrected chi connectivity index (χ4v) is 2.71. The first-order valence-corrected chi connectivity index (χ1v) is 7.26. The van der Waals surface area contributed by atoms with Crippen molar-refractivity contribution >= 4 is 17.5 Å². The number of piperazine rings is 1. The number of carbonyl (C=O) groups excluding carboxylic acids is 1. The van der Waals surface area contributed by atoms with Gasteiger partial charge in [0.05, 0.1) is 23.1 Å². The largest absolute Gasteiger partial charge is 0.336 e. The monoisotopic (exact) mass is 309 g/mol. The normalized spacial score (nSPS) is 17.3. The molecule has 0 N–H and O–H groups in total. The van der Waals surface area contributed by atoms with Gasteiger partial charge >= 0.3 is 0 Å². The third-order valence-corrected chi connectivity index (χ3v) is 4.09. The van der Waals surface area contributed by atoms with Crippen LogP contribution in [0.3, 0.4) is 0 Å². The zero-order chi connectivity index (χ0) is 15.4. The maximum absolute atomic E-state index is 13.0. The van der Waals surface area contributed by atoms with Crippen LogP contribution in [0.25, 0.3) is 0 Å². The minimum Gasteiger partial charge on any atom is -0.336 e. The molecule has 1 heterocycles. The second-order valence-corrected chi connectivity index (χ2v) is 5.57. The van der Waals surface area contributed by atoms with Crippen molar-refractivity contribution in [2.75, 3.05) is 26.2 Å². The lowest BCUT2D eigenvalue weighted by Crippen LogP contribution is -2.51. The molecule has 1 aromatic rings. The molecule has 1 saturated heterocycles. The molecular weight excluding hydrogens is 293 g/mol. The third-order valence-electron chi connectivity index (χ3n) is 3.77. The molecule has 0 spiro atoms. The standard InChI is InChI=1S/C15H17ClFN3O/c1-11(4-5-18)19-6-8-20(9-7-19)15(21)13-3-2-12(17)10-14(13)16/h2-3,10-11H,4,6-9H2,1H3/t11-/m0/s1. The number of carbonyl (C=O) groups is 1. The molecule has 21 heavy (non-hydrogen) atoms. The highest BCUT2D eigenvalue weighted by atomic mass is 35.5. The summed E-state index contributed by atoms with van der Waals surface area (Å²) in [6.45, 7) is 4.64. The summed E-state index contributed by atoms with van der Waals surface area (Å²) >= 11 is 5.93. The van der Waals surface area contributed by atoms with Crippen molar-refractivity contribution in [1.82, 2.24) is 9.80 Å². The Balaban J connectivity index is 1.99. The van der Waals surface area contributed by atoms with Crippen molar-refractivity contribution in [1.29, 1.82) is 5.26 Å². The van der Waals surface area contributed by atoms with Gasteiger partial charge in [-0.3, -0.25) is 9.69 Å². The summed E-state index contributed by atoms with van der Waals surface area (Å²) in [5.74, 6) is -0.626. The van der Waals surface area contributed by atoms with Crippen LogP contribution in [0, 0.1) is 17.1 Å². The van der Waals surface area contributed by atoms with Crippen molar-refractivity contribution < 1.29 is 9.18 Å². The summed E-state index contributed by atoms with van der Waals surface area (Å²) in [5.41, 5.74) is 0.330. The molecule has 112 valence electrons. The molecular formula is C15H17ClFN3O. The van der Waals surface area contributed by atoms with Gasteiger partial charge in [-0.05, 0) is 25.1 Å². The second kappa shape index (κ2) is 6.88. The number of amides is 1. The highest BCUT2D eigenvalue weighted by molar-refractivity contribution is 6.33. The predicted octanol–water partition coefficient (Wildman–Crippen LogP) is 2.54. The van der Waals surface area contributed by atoms with Crippen LogP contribution >= 0.6 is 11.6 Å². The lowest BCUT2D eigenvalue weighted by Gasteiger charge is -2.37. The van der Waals surface area contributed by atoms with Crippen LogP contribution in [-0.4, -0.2) is 47.9 Å². The number of hydrogen-bond acceptors (Lipinski definition) is 3. The van der Waals surface area contributed by atoms with Gasteiger partial charge in [-0.2, -0.15) is 5.26 Å². The first-order valence-electron chi connectivity index (χ1n) is 6.88. The number of hydrogen-bond donors (Lipinski definition) is 0. The van der Waals surface area contributed by atoms with Crippen LogP contribution in [0.15, 0.2) is 18.2 Å². The van der Waals surface area contributed by atoms with Crippen LogP contribution in [0.4, 0.5) is 4.39 Å². The third kappa shape index (κ3) is 3.72. The highest BCUT2D eigenvalue weighted by Crippen LogP contribution is 2.20. The van der Waals surface area contributed by atoms with Crippen LogP contribution in [-0.2, 0) is 0 Å². The van der Waals surface area contributed by atoms with Crippen LogP contribution in [0.5, 0.6) is 0 Å². The Hall–Kier alpha value is -1.64. The van der Waals surface area contributed by atoms with E-state index in [4.69, 9.17) is 16.9 Å². The molecule has 6 heteroatoms. The van der Waals surface area contributed by atoms with E-state index in [-0.39, 0.29) is 17.0 Å². The average Bonchev–Trinajstić information content (AvgIpc) is 2.47. The van der Waals surface area contributed by atoms with E-state index in [0.717, 1.165) is 19.2 Å². The van der Waals surface area contributed by atoms with Gasteiger partial charge in [-0.15, -0.1) is 0 Å². The molecule has 4 nitrogen and oxygen atoms in total. The summed E-state index contributed by atoms with van der Waals surface area (Å²) in [5, 5.41) is 8.86. The smallest absolute Gasteiger partial charge is 0.255 e. The lowest BCUT2D eigenvalue weighted by atomic mass is 10.1. The van der Waals surface area contributed by atoms with Gasteiger partial charge < -0.3 is 4.90 Å².